The average molecular weight is 380 g/mol. The topological polar surface area (TPSA) is 39.9 Å². The normalized spacial score (nSPS) is 28.4. The molecule has 2 bridgehead atoms. The fraction of sp³-hybridized carbons (Fsp3) is 0.667. The summed E-state index contributed by atoms with van der Waals surface area (Å²) in [5.41, 5.74) is 3.28. The fourth-order valence-electron chi connectivity index (χ4n) is 6.14. The zero-order chi connectivity index (χ0) is 19.2. The van der Waals surface area contributed by atoms with Crippen molar-refractivity contribution in [2.45, 2.75) is 83.0 Å². The summed E-state index contributed by atoms with van der Waals surface area (Å²) < 4.78 is 8.20. The van der Waals surface area contributed by atoms with Crippen LogP contribution in [0.4, 0.5) is 0 Å². The van der Waals surface area contributed by atoms with Gasteiger partial charge in [-0.1, -0.05) is 38.3 Å². The third kappa shape index (κ3) is 2.79. The van der Waals surface area contributed by atoms with Gasteiger partial charge < -0.3 is 9.30 Å². The van der Waals surface area contributed by atoms with E-state index in [1.807, 2.05) is 0 Å². The van der Waals surface area contributed by atoms with E-state index in [0.29, 0.717) is 5.41 Å². The van der Waals surface area contributed by atoms with Gasteiger partial charge in [-0.25, -0.2) is 0 Å². The Bertz CT molecular complexity index is 844. The summed E-state index contributed by atoms with van der Waals surface area (Å²) in [7, 11) is 2.16. The summed E-state index contributed by atoms with van der Waals surface area (Å²) in [6.07, 6.45) is 14.6. The van der Waals surface area contributed by atoms with Crippen molar-refractivity contribution in [1.29, 1.82) is 0 Å². The molecule has 2 heterocycles. The van der Waals surface area contributed by atoms with E-state index in [4.69, 9.17) is 9.84 Å². The molecule has 3 saturated carbocycles. The fourth-order valence-corrected chi connectivity index (χ4v) is 6.14. The van der Waals surface area contributed by atoms with Gasteiger partial charge in [0.1, 0.15) is 11.6 Å². The van der Waals surface area contributed by atoms with E-state index in [1.165, 1.54) is 75.6 Å². The van der Waals surface area contributed by atoms with E-state index in [0.717, 1.165) is 30.2 Å². The van der Waals surface area contributed by atoms with Gasteiger partial charge in [-0.2, -0.15) is 0 Å². The van der Waals surface area contributed by atoms with Crippen molar-refractivity contribution >= 4 is 0 Å². The lowest BCUT2D eigenvalue weighted by Crippen LogP contribution is -2.45. The Morgan fingerprint density at radius 1 is 1.04 bits per heavy atom. The molecular weight excluding hydrogens is 346 g/mol. The molecule has 1 aromatic heterocycles. The Balaban J connectivity index is 1.40. The quantitative estimate of drug-likeness (QED) is 0.614. The molecule has 4 heteroatoms. The van der Waals surface area contributed by atoms with Crippen molar-refractivity contribution in [3.8, 4) is 17.1 Å². The van der Waals surface area contributed by atoms with E-state index in [9.17, 15) is 0 Å². The van der Waals surface area contributed by atoms with Crippen LogP contribution in [0.1, 0.15) is 82.5 Å². The summed E-state index contributed by atoms with van der Waals surface area (Å²) in [4.78, 5) is 0. The minimum absolute atomic E-state index is 0.241. The van der Waals surface area contributed by atoms with Crippen LogP contribution in [0.5, 0.6) is 5.75 Å². The predicted octanol–water partition coefficient (Wildman–Crippen LogP) is 5.59. The van der Waals surface area contributed by atoms with Crippen LogP contribution in [0.15, 0.2) is 18.2 Å². The zero-order valence-electron chi connectivity index (χ0n) is 17.5. The van der Waals surface area contributed by atoms with E-state index >= 15 is 0 Å². The maximum Gasteiger partial charge on any atom is 0.167 e. The maximum atomic E-state index is 5.93. The van der Waals surface area contributed by atoms with E-state index in [2.05, 4.69) is 41.8 Å². The van der Waals surface area contributed by atoms with Crippen molar-refractivity contribution in [3.05, 3.63) is 29.6 Å². The number of hydrogen-bond donors (Lipinski definition) is 0. The Morgan fingerprint density at radius 2 is 1.82 bits per heavy atom. The van der Waals surface area contributed by atoms with Gasteiger partial charge in [-0.15, -0.1) is 10.2 Å². The summed E-state index contributed by atoms with van der Waals surface area (Å²) in [6.45, 7) is 3.09. The molecule has 28 heavy (non-hydrogen) atoms. The molecule has 4 nitrogen and oxygen atoms in total. The highest BCUT2D eigenvalue weighted by Crippen LogP contribution is 2.59. The Kier molecular flexibility index (Phi) is 4.48. The van der Waals surface area contributed by atoms with Crippen LogP contribution in [0.3, 0.4) is 0 Å². The lowest BCUT2D eigenvalue weighted by atomic mass is 9.52. The molecule has 3 fully saturated rings. The number of hydrogen-bond acceptors (Lipinski definition) is 3. The number of ether oxygens (including phenoxy) is 1. The van der Waals surface area contributed by atoms with Gasteiger partial charge in [-0.3, -0.25) is 0 Å². The SMILES string of the molecule is CCCCCC12CCC(c3nnc(-c4cccc5c4OCC5)n3C)(CC1)CC2. The Morgan fingerprint density at radius 3 is 2.57 bits per heavy atom. The summed E-state index contributed by atoms with van der Waals surface area (Å²) in [6, 6.07) is 6.43. The second kappa shape index (κ2) is 6.89. The van der Waals surface area contributed by atoms with Crippen LogP contribution in [0.2, 0.25) is 0 Å². The smallest absolute Gasteiger partial charge is 0.167 e. The molecular formula is C24H33N3O. The number of benzene rings is 1. The van der Waals surface area contributed by atoms with Crippen molar-refractivity contribution in [3.63, 3.8) is 0 Å². The summed E-state index contributed by atoms with van der Waals surface area (Å²) in [5.74, 6) is 3.19. The minimum atomic E-state index is 0.241. The Hall–Kier alpha value is -1.84. The first-order chi connectivity index (χ1) is 13.7. The van der Waals surface area contributed by atoms with Crippen molar-refractivity contribution in [2.24, 2.45) is 12.5 Å². The first-order valence-corrected chi connectivity index (χ1v) is 11.3. The molecule has 0 atom stereocenters. The van der Waals surface area contributed by atoms with Gasteiger partial charge in [0, 0.05) is 18.9 Å². The van der Waals surface area contributed by atoms with Crippen LogP contribution in [0.25, 0.3) is 11.4 Å². The van der Waals surface area contributed by atoms with Crippen molar-refractivity contribution in [2.75, 3.05) is 6.61 Å². The first-order valence-electron chi connectivity index (χ1n) is 11.3. The molecule has 4 aliphatic rings. The molecule has 0 spiro atoms. The minimum Gasteiger partial charge on any atom is -0.492 e. The lowest BCUT2D eigenvalue weighted by molar-refractivity contribution is 0.0250. The predicted molar refractivity (Wildman–Crippen MR) is 112 cm³/mol. The van der Waals surface area contributed by atoms with Gasteiger partial charge in [0.2, 0.25) is 0 Å². The largest absolute Gasteiger partial charge is 0.492 e. The number of rotatable bonds is 6. The highest BCUT2D eigenvalue weighted by Gasteiger charge is 2.51. The van der Waals surface area contributed by atoms with E-state index in [1.54, 1.807) is 0 Å². The maximum absolute atomic E-state index is 5.93. The van der Waals surface area contributed by atoms with Crippen LogP contribution in [-0.2, 0) is 18.9 Å². The average Bonchev–Trinajstić information content (AvgIpc) is 3.36. The van der Waals surface area contributed by atoms with Gasteiger partial charge in [0.25, 0.3) is 0 Å². The van der Waals surface area contributed by atoms with Gasteiger partial charge in [-0.05, 0) is 62.0 Å². The highest BCUT2D eigenvalue weighted by molar-refractivity contribution is 5.68. The molecule has 0 radical (unpaired) electrons. The molecule has 6 rings (SSSR count). The molecule has 1 aromatic carbocycles. The lowest BCUT2D eigenvalue weighted by Gasteiger charge is -2.53. The standard InChI is InChI=1S/C24H33N3O/c1-3-4-5-10-23-11-14-24(15-12-23,16-13-23)22-26-25-21(27(22)2)19-8-6-7-18-9-17-28-20(18)19/h6-8H,3-5,9-17H2,1-2H3. The van der Waals surface area contributed by atoms with Crippen LogP contribution >= 0.6 is 0 Å². The first kappa shape index (κ1) is 18.2. The number of unbranched alkanes of at least 4 members (excludes halogenated alkanes) is 2. The number of aromatic nitrogens is 3. The molecule has 2 aromatic rings. The zero-order valence-corrected chi connectivity index (χ0v) is 17.5. The second-order valence-corrected chi connectivity index (χ2v) is 9.54. The van der Waals surface area contributed by atoms with Crippen LogP contribution in [0, 0.1) is 5.41 Å². The van der Waals surface area contributed by atoms with E-state index in [-0.39, 0.29) is 5.41 Å². The molecule has 1 aliphatic heterocycles. The molecule has 150 valence electrons. The van der Waals surface area contributed by atoms with E-state index < -0.39 is 0 Å². The monoisotopic (exact) mass is 379 g/mol. The van der Waals surface area contributed by atoms with Crippen molar-refractivity contribution in [1.82, 2.24) is 14.8 Å². The van der Waals surface area contributed by atoms with Crippen LogP contribution in [-0.4, -0.2) is 21.4 Å². The molecule has 3 aliphatic carbocycles. The number of para-hydroxylation sites is 1. The molecule has 0 saturated heterocycles. The number of nitrogens with zero attached hydrogens (tertiary/aromatic N) is 3. The van der Waals surface area contributed by atoms with Crippen molar-refractivity contribution < 1.29 is 4.74 Å². The Labute approximate surface area is 168 Å². The third-order valence-corrected chi connectivity index (χ3v) is 8.02. The second-order valence-electron chi connectivity index (χ2n) is 9.54. The summed E-state index contributed by atoms with van der Waals surface area (Å²) in [5, 5.41) is 9.42. The van der Waals surface area contributed by atoms with Crippen LogP contribution < -0.4 is 4.74 Å². The number of fused-ring (bicyclic) bond motifs is 4. The van der Waals surface area contributed by atoms with Gasteiger partial charge >= 0.3 is 0 Å². The molecule has 0 unspecified atom stereocenters. The third-order valence-electron chi connectivity index (χ3n) is 8.02. The summed E-state index contributed by atoms with van der Waals surface area (Å²) >= 11 is 0. The molecule has 0 N–H and O–H groups in total. The highest BCUT2D eigenvalue weighted by atomic mass is 16.5. The van der Waals surface area contributed by atoms with Gasteiger partial charge in [0.15, 0.2) is 5.82 Å². The van der Waals surface area contributed by atoms with Gasteiger partial charge in [0.05, 0.1) is 12.2 Å². The molecule has 0 amide bonds.